The molecule has 0 saturated heterocycles. The van der Waals surface area contributed by atoms with Crippen molar-refractivity contribution in [3.05, 3.63) is 53.2 Å². The molecule has 3 atom stereocenters. The lowest BCUT2D eigenvalue weighted by Crippen LogP contribution is -2.49. The van der Waals surface area contributed by atoms with Crippen molar-refractivity contribution in [1.82, 2.24) is 10.3 Å². The van der Waals surface area contributed by atoms with E-state index in [4.69, 9.17) is 4.74 Å². The minimum absolute atomic E-state index is 0.128. The van der Waals surface area contributed by atoms with E-state index in [1.807, 2.05) is 12.1 Å². The molecule has 0 bridgehead atoms. The van der Waals surface area contributed by atoms with Gasteiger partial charge in [0.15, 0.2) is 0 Å². The Morgan fingerprint density at radius 2 is 2.07 bits per heavy atom. The number of carbonyl (C=O) groups is 1. The summed E-state index contributed by atoms with van der Waals surface area (Å²) < 4.78 is 5.36. The normalized spacial score (nSPS) is 24.7. The second-order valence-corrected chi connectivity index (χ2v) is 9.29. The predicted molar refractivity (Wildman–Crippen MR) is 117 cm³/mol. The van der Waals surface area contributed by atoms with Gasteiger partial charge in [-0.15, -0.1) is 0 Å². The molecule has 1 aromatic heterocycles. The zero-order valence-corrected chi connectivity index (χ0v) is 17.9. The van der Waals surface area contributed by atoms with Gasteiger partial charge in [-0.3, -0.25) is 4.79 Å². The quantitative estimate of drug-likeness (QED) is 0.698. The number of aryl methyl sites for hydroxylation is 1. The van der Waals surface area contributed by atoms with Crippen molar-refractivity contribution in [1.29, 1.82) is 0 Å². The number of nitrogens with zero attached hydrogens (tertiary/aromatic N) is 1. The van der Waals surface area contributed by atoms with E-state index in [0.29, 0.717) is 12.0 Å². The number of amides is 1. The van der Waals surface area contributed by atoms with Crippen molar-refractivity contribution >= 4 is 11.7 Å². The summed E-state index contributed by atoms with van der Waals surface area (Å²) in [6.07, 6.45) is 5.59. The highest BCUT2D eigenvalue weighted by atomic mass is 16.5. The van der Waals surface area contributed by atoms with E-state index < -0.39 is 6.10 Å². The van der Waals surface area contributed by atoms with Crippen molar-refractivity contribution in [3.8, 4) is 5.75 Å². The Morgan fingerprint density at radius 3 is 2.80 bits per heavy atom. The Labute approximate surface area is 178 Å². The van der Waals surface area contributed by atoms with Crippen LogP contribution in [0.2, 0.25) is 0 Å². The van der Waals surface area contributed by atoms with Gasteiger partial charge in [-0.2, -0.15) is 0 Å². The van der Waals surface area contributed by atoms with Gasteiger partial charge in [-0.05, 0) is 72.9 Å². The summed E-state index contributed by atoms with van der Waals surface area (Å²) in [4.78, 5) is 17.1. The molecule has 6 heteroatoms. The highest BCUT2D eigenvalue weighted by molar-refractivity contribution is 5.94. The first kappa shape index (κ1) is 20.7. The monoisotopic (exact) mass is 409 g/mol. The number of aliphatic hydroxyl groups is 1. The molecule has 1 amide bonds. The lowest BCUT2D eigenvalue weighted by Gasteiger charge is -2.38. The van der Waals surface area contributed by atoms with Crippen LogP contribution in [0.5, 0.6) is 5.75 Å². The van der Waals surface area contributed by atoms with Crippen LogP contribution in [0, 0.1) is 5.41 Å². The van der Waals surface area contributed by atoms with E-state index in [9.17, 15) is 9.90 Å². The Bertz CT molecular complexity index is 910. The van der Waals surface area contributed by atoms with E-state index in [2.05, 4.69) is 41.6 Å². The van der Waals surface area contributed by atoms with Gasteiger partial charge >= 0.3 is 0 Å². The van der Waals surface area contributed by atoms with Crippen LogP contribution < -0.4 is 15.4 Å². The summed E-state index contributed by atoms with van der Waals surface area (Å²) in [7, 11) is 1.68. The van der Waals surface area contributed by atoms with Gasteiger partial charge in [0.2, 0.25) is 0 Å². The number of nitrogens with one attached hydrogen (secondary N) is 2. The molecule has 1 unspecified atom stereocenters. The number of ether oxygens (including phenoxy) is 1. The molecule has 2 aromatic rings. The topological polar surface area (TPSA) is 83.5 Å². The number of fused-ring (bicyclic) bond motifs is 1. The highest BCUT2D eigenvalue weighted by Gasteiger charge is 2.34. The van der Waals surface area contributed by atoms with Gasteiger partial charge in [-0.1, -0.05) is 19.9 Å². The van der Waals surface area contributed by atoms with Gasteiger partial charge in [0.05, 0.1) is 30.9 Å². The van der Waals surface area contributed by atoms with Crippen LogP contribution in [0.1, 0.15) is 67.1 Å². The van der Waals surface area contributed by atoms with Crippen molar-refractivity contribution in [2.24, 2.45) is 5.41 Å². The predicted octanol–water partition coefficient (Wildman–Crippen LogP) is 3.86. The summed E-state index contributed by atoms with van der Waals surface area (Å²) in [6, 6.07) is 9.79. The van der Waals surface area contributed by atoms with Crippen molar-refractivity contribution < 1.29 is 14.6 Å². The third-order valence-corrected chi connectivity index (χ3v) is 6.45. The number of pyridine rings is 1. The van der Waals surface area contributed by atoms with E-state index in [-0.39, 0.29) is 23.4 Å². The lowest BCUT2D eigenvalue weighted by molar-refractivity contribution is 0.0402. The van der Waals surface area contributed by atoms with E-state index in [0.717, 1.165) is 37.3 Å². The minimum atomic E-state index is -0.490. The fourth-order valence-electron chi connectivity index (χ4n) is 4.62. The molecule has 3 N–H and O–H groups in total. The Morgan fingerprint density at radius 1 is 1.23 bits per heavy atom. The fraction of sp³-hybridized carbons (Fsp3) is 0.500. The van der Waals surface area contributed by atoms with Crippen molar-refractivity contribution in [2.75, 3.05) is 12.4 Å². The number of hydrogen-bond donors (Lipinski definition) is 3. The summed E-state index contributed by atoms with van der Waals surface area (Å²) in [6.45, 7) is 4.35. The van der Waals surface area contributed by atoms with Crippen LogP contribution in [0.15, 0.2) is 36.5 Å². The van der Waals surface area contributed by atoms with Gasteiger partial charge < -0.3 is 20.5 Å². The number of anilines is 1. The van der Waals surface area contributed by atoms with Gasteiger partial charge in [-0.25, -0.2) is 4.98 Å². The average molecular weight is 410 g/mol. The number of benzene rings is 1. The molecular weight excluding hydrogens is 378 g/mol. The first-order valence-corrected chi connectivity index (χ1v) is 10.7. The SMILES string of the molecule is COc1ccc2c(c1)C(Nc1ccc(C(=O)N[C@@H]3CC(C)(C)CC[C@H]3O)cn1)CC2. The highest BCUT2D eigenvalue weighted by Crippen LogP contribution is 2.36. The molecule has 2 aliphatic rings. The number of aliphatic hydroxyl groups excluding tert-OH is 1. The fourth-order valence-corrected chi connectivity index (χ4v) is 4.62. The minimum Gasteiger partial charge on any atom is -0.497 e. The van der Waals surface area contributed by atoms with Crippen LogP contribution in [0.4, 0.5) is 5.82 Å². The van der Waals surface area contributed by atoms with Crippen LogP contribution in [0.25, 0.3) is 0 Å². The summed E-state index contributed by atoms with van der Waals surface area (Å²) in [5.41, 5.74) is 3.21. The molecule has 1 fully saturated rings. The van der Waals surface area contributed by atoms with Crippen molar-refractivity contribution in [2.45, 2.75) is 64.1 Å². The molecule has 0 spiro atoms. The number of carbonyl (C=O) groups excluding carboxylic acids is 1. The maximum absolute atomic E-state index is 12.7. The summed E-state index contributed by atoms with van der Waals surface area (Å²) >= 11 is 0. The molecule has 0 radical (unpaired) electrons. The van der Waals surface area contributed by atoms with Gasteiger partial charge in [0.1, 0.15) is 11.6 Å². The van der Waals surface area contributed by atoms with E-state index in [1.165, 1.54) is 11.1 Å². The Kier molecular flexibility index (Phi) is 5.69. The average Bonchev–Trinajstić information content (AvgIpc) is 3.13. The second kappa shape index (κ2) is 8.26. The molecule has 2 aliphatic carbocycles. The van der Waals surface area contributed by atoms with Gasteiger partial charge in [0, 0.05) is 6.20 Å². The summed E-state index contributed by atoms with van der Waals surface area (Å²) in [5.74, 6) is 1.41. The first-order chi connectivity index (χ1) is 14.3. The molecule has 1 aromatic carbocycles. The van der Waals surface area contributed by atoms with Crippen LogP contribution in [-0.4, -0.2) is 35.3 Å². The first-order valence-electron chi connectivity index (χ1n) is 10.7. The lowest BCUT2D eigenvalue weighted by atomic mass is 9.74. The number of aromatic nitrogens is 1. The zero-order chi connectivity index (χ0) is 21.3. The maximum Gasteiger partial charge on any atom is 0.253 e. The third-order valence-electron chi connectivity index (χ3n) is 6.45. The van der Waals surface area contributed by atoms with E-state index >= 15 is 0 Å². The Balaban J connectivity index is 1.40. The molecule has 0 aliphatic heterocycles. The summed E-state index contributed by atoms with van der Waals surface area (Å²) in [5, 5.41) is 16.7. The van der Waals surface area contributed by atoms with Crippen LogP contribution >= 0.6 is 0 Å². The largest absolute Gasteiger partial charge is 0.497 e. The van der Waals surface area contributed by atoms with E-state index in [1.54, 1.807) is 19.4 Å². The van der Waals surface area contributed by atoms with Crippen LogP contribution in [0.3, 0.4) is 0 Å². The number of methoxy groups -OCH3 is 1. The standard InChI is InChI=1S/C24H31N3O3/c1-24(2)11-10-21(28)20(13-24)27-23(29)16-6-9-22(25-14-16)26-19-8-5-15-4-7-17(30-3)12-18(15)19/h4,6-7,9,12,14,19-21,28H,5,8,10-11,13H2,1-3H3,(H,25,26)(H,27,29)/t19?,20-,21-/m1/s1. The molecule has 6 nitrogen and oxygen atoms in total. The Hall–Kier alpha value is -2.60. The second-order valence-electron chi connectivity index (χ2n) is 9.29. The van der Waals surface area contributed by atoms with Crippen molar-refractivity contribution in [3.63, 3.8) is 0 Å². The maximum atomic E-state index is 12.7. The number of rotatable bonds is 5. The molecule has 4 rings (SSSR count). The molecule has 1 heterocycles. The molecule has 1 saturated carbocycles. The molecule has 30 heavy (non-hydrogen) atoms. The third kappa shape index (κ3) is 4.43. The van der Waals surface area contributed by atoms with Crippen LogP contribution in [-0.2, 0) is 6.42 Å². The molecular formula is C24H31N3O3. The smallest absolute Gasteiger partial charge is 0.253 e. The molecule has 160 valence electrons. The zero-order valence-electron chi connectivity index (χ0n) is 17.9. The number of hydrogen-bond acceptors (Lipinski definition) is 5. The van der Waals surface area contributed by atoms with Gasteiger partial charge in [0.25, 0.3) is 5.91 Å².